The fourth-order valence-electron chi connectivity index (χ4n) is 1.95. The lowest BCUT2D eigenvalue weighted by atomic mass is 9.80. The highest BCUT2D eigenvalue weighted by atomic mass is 16.4. The third-order valence-corrected chi connectivity index (χ3v) is 3.00. The summed E-state index contributed by atoms with van der Waals surface area (Å²) in [5.41, 5.74) is 0.873. The molecule has 1 saturated carbocycles. The van der Waals surface area contributed by atoms with Crippen LogP contribution in [0.15, 0.2) is 6.20 Å². The van der Waals surface area contributed by atoms with E-state index < -0.39 is 5.97 Å². The van der Waals surface area contributed by atoms with E-state index in [4.69, 9.17) is 0 Å². The van der Waals surface area contributed by atoms with Gasteiger partial charge in [-0.3, -0.25) is 0 Å². The number of hydrogen-bond acceptors (Lipinski definition) is 5. The van der Waals surface area contributed by atoms with Crippen LogP contribution in [-0.4, -0.2) is 36.1 Å². The van der Waals surface area contributed by atoms with Crippen LogP contribution in [0.4, 0.5) is 0 Å². The van der Waals surface area contributed by atoms with Gasteiger partial charge in [0.2, 0.25) is 0 Å². The summed E-state index contributed by atoms with van der Waals surface area (Å²) in [6.45, 7) is 0. The van der Waals surface area contributed by atoms with Crippen molar-refractivity contribution in [2.45, 2.75) is 25.2 Å². The van der Waals surface area contributed by atoms with Crippen LogP contribution in [0, 0.1) is 0 Å². The summed E-state index contributed by atoms with van der Waals surface area (Å²) in [5.74, 6) is -0.505. The monoisotopic (exact) mass is 219 g/mol. The molecule has 0 radical (unpaired) electrons. The Hall–Kier alpha value is -2.05. The van der Waals surface area contributed by atoms with E-state index in [9.17, 15) is 9.90 Å². The van der Waals surface area contributed by atoms with E-state index >= 15 is 0 Å². The van der Waals surface area contributed by atoms with Crippen molar-refractivity contribution in [2.75, 3.05) is 0 Å². The zero-order chi connectivity index (χ0) is 11.1. The predicted molar refractivity (Wildman–Crippen MR) is 52.1 cm³/mol. The third-order valence-electron chi connectivity index (χ3n) is 3.00. The molecule has 0 atom stereocenters. The van der Waals surface area contributed by atoms with Gasteiger partial charge in [-0.05, 0) is 29.2 Å². The van der Waals surface area contributed by atoms with Crippen molar-refractivity contribution in [3.63, 3.8) is 0 Å². The highest BCUT2D eigenvalue weighted by molar-refractivity contribution is 5.88. The van der Waals surface area contributed by atoms with E-state index in [1.165, 1.54) is 4.52 Å². The van der Waals surface area contributed by atoms with E-state index in [1.54, 1.807) is 6.20 Å². The lowest BCUT2D eigenvalue weighted by Crippen LogP contribution is -2.18. The minimum atomic E-state index is -1.01. The first-order valence-electron chi connectivity index (χ1n) is 5.07. The molecule has 0 unspecified atom stereocenters. The summed E-state index contributed by atoms with van der Waals surface area (Å²) >= 11 is 0. The zero-order valence-corrected chi connectivity index (χ0v) is 8.37. The number of aromatic nitrogens is 5. The first-order valence-corrected chi connectivity index (χ1v) is 5.07. The Bertz CT molecular complexity index is 560. The summed E-state index contributed by atoms with van der Waals surface area (Å²) in [5, 5.41) is 19.9. The number of aromatic carboxylic acids is 1. The molecule has 0 aliphatic heterocycles. The molecule has 0 amide bonds. The smallest absolute Gasteiger partial charge is 0.355 e. The molecule has 1 aliphatic rings. The van der Waals surface area contributed by atoms with Crippen LogP contribution in [0.5, 0.6) is 0 Å². The molecule has 0 spiro atoms. The topological polar surface area (TPSA) is 93.3 Å². The normalized spacial score (nSPS) is 16.2. The molecule has 1 N–H and O–H groups in total. The number of carboxylic acids is 1. The Morgan fingerprint density at radius 2 is 2.31 bits per heavy atom. The summed E-state index contributed by atoms with van der Waals surface area (Å²) < 4.78 is 1.19. The van der Waals surface area contributed by atoms with Crippen LogP contribution in [0.25, 0.3) is 5.78 Å². The highest BCUT2D eigenvalue weighted by Gasteiger charge is 2.27. The van der Waals surface area contributed by atoms with Crippen LogP contribution < -0.4 is 0 Å². The molecule has 1 fully saturated rings. The van der Waals surface area contributed by atoms with Crippen molar-refractivity contribution in [2.24, 2.45) is 0 Å². The predicted octanol–water partition coefficient (Wildman–Crippen LogP) is 0.485. The number of tetrazole rings is 1. The second-order valence-electron chi connectivity index (χ2n) is 3.89. The first kappa shape index (κ1) is 9.20. The number of nitrogens with zero attached hydrogens (tertiary/aromatic N) is 5. The van der Waals surface area contributed by atoms with Gasteiger partial charge < -0.3 is 5.11 Å². The van der Waals surface area contributed by atoms with E-state index in [0.717, 1.165) is 24.8 Å². The summed E-state index contributed by atoms with van der Waals surface area (Å²) in [4.78, 5) is 15.3. The van der Waals surface area contributed by atoms with E-state index in [1.807, 2.05) is 0 Å². The van der Waals surface area contributed by atoms with Crippen molar-refractivity contribution in [1.82, 2.24) is 25.0 Å². The molecule has 1 aliphatic carbocycles. The summed E-state index contributed by atoms with van der Waals surface area (Å²) in [6.07, 6.45) is 4.74. The lowest BCUT2D eigenvalue weighted by molar-refractivity contribution is 0.0684. The fraction of sp³-hybridized carbons (Fsp3) is 0.444. The van der Waals surface area contributed by atoms with Gasteiger partial charge in [-0.15, -0.1) is 0 Å². The highest BCUT2D eigenvalue weighted by Crippen LogP contribution is 2.37. The van der Waals surface area contributed by atoms with Crippen LogP contribution in [0.3, 0.4) is 0 Å². The van der Waals surface area contributed by atoms with Crippen LogP contribution in [-0.2, 0) is 0 Å². The molecule has 2 aromatic heterocycles. The van der Waals surface area contributed by atoms with Gasteiger partial charge in [0.05, 0.1) is 0 Å². The quantitative estimate of drug-likeness (QED) is 0.789. The van der Waals surface area contributed by atoms with Gasteiger partial charge in [0.15, 0.2) is 5.69 Å². The summed E-state index contributed by atoms with van der Waals surface area (Å²) in [6, 6.07) is 0. The molecule has 0 saturated heterocycles. The second-order valence-corrected chi connectivity index (χ2v) is 3.89. The van der Waals surface area contributed by atoms with Gasteiger partial charge in [-0.1, -0.05) is 11.5 Å². The maximum absolute atomic E-state index is 11.2. The number of hydrogen-bond donors (Lipinski definition) is 1. The zero-order valence-electron chi connectivity index (χ0n) is 8.37. The molecule has 16 heavy (non-hydrogen) atoms. The Kier molecular flexibility index (Phi) is 1.85. The molecule has 7 nitrogen and oxygen atoms in total. The first-order chi connectivity index (χ1) is 7.77. The number of carboxylic acid groups (broad SMARTS) is 1. The third kappa shape index (κ3) is 1.17. The van der Waals surface area contributed by atoms with Crippen LogP contribution in [0.2, 0.25) is 0 Å². The van der Waals surface area contributed by atoms with Gasteiger partial charge in [-0.25, -0.2) is 9.78 Å². The SMILES string of the molecule is O=C(O)c1c(C2CCC2)cnc2nnnn12. The standard InChI is InChI=1S/C9H9N5O2/c15-8(16)7-6(5-2-1-3-5)4-10-9-11-12-13-14(7)9/h4-5H,1-3H2,(H,15,16). The van der Waals surface area contributed by atoms with Gasteiger partial charge >= 0.3 is 5.97 Å². The van der Waals surface area contributed by atoms with E-state index in [0.29, 0.717) is 0 Å². The average molecular weight is 219 g/mol. The Labute approximate surface area is 90.1 Å². The van der Waals surface area contributed by atoms with Gasteiger partial charge in [0, 0.05) is 11.8 Å². The molecule has 7 heteroatoms. The van der Waals surface area contributed by atoms with Crippen LogP contribution >= 0.6 is 0 Å². The molecule has 0 aromatic carbocycles. The average Bonchev–Trinajstić information content (AvgIpc) is 2.61. The number of fused-ring (bicyclic) bond motifs is 1. The van der Waals surface area contributed by atoms with Crippen molar-refractivity contribution < 1.29 is 9.90 Å². The molecule has 0 bridgehead atoms. The fourth-order valence-corrected chi connectivity index (χ4v) is 1.95. The molecular weight excluding hydrogens is 210 g/mol. The van der Waals surface area contributed by atoms with E-state index in [2.05, 4.69) is 20.5 Å². The number of carbonyl (C=O) groups is 1. The van der Waals surface area contributed by atoms with Crippen molar-refractivity contribution in [1.29, 1.82) is 0 Å². The molecule has 3 rings (SSSR count). The number of rotatable bonds is 2. The molecule has 82 valence electrons. The maximum Gasteiger partial charge on any atom is 0.355 e. The molecular formula is C9H9N5O2. The van der Waals surface area contributed by atoms with Gasteiger partial charge in [0.25, 0.3) is 5.78 Å². The minimum absolute atomic E-state index is 0.139. The van der Waals surface area contributed by atoms with Crippen molar-refractivity contribution >= 4 is 11.7 Å². The Balaban J connectivity index is 2.25. The largest absolute Gasteiger partial charge is 0.476 e. The van der Waals surface area contributed by atoms with Crippen molar-refractivity contribution in [3.05, 3.63) is 17.5 Å². The van der Waals surface area contributed by atoms with Gasteiger partial charge in [-0.2, -0.15) is 4.52 Å². The summed E-state index contributed by atoms with van der Waals surface area (Å²) in [7, 11) is 0. The van der Waals surface area contributed by atoms with E-state index in [-0.39, 0.29) is 17.4 Å². The van der Waals surface area contributed by atoms with Gasteiger partial charge in [0.1, 0.15) is 0 Å². The molecule has 2 aromatic rings. The van der Waals surface area contributed by atoms with Crippen LogP contribution in [0.1, 0.15) is 41.2 Å². The Morgan fingerprint density at radius 3 is 2.94 bits per heavy atom. The van der Waals surface area contributed by atoms with Crippen molar-refractivity contribution in [3.8, 4) is 0 Å². The second kappa shape index (κ2) is 3.22. The minimum Gasteiger partial charge on any atom is -0.476 e. The Morgan fingerprint density at radius 1 is 1.50 bits per heavy atom. The maximum atomic E-state index is 11.2. The lowest BCUT2D eigenvalue weighted by Gasteiger charge is -2.26. The molecule has 2 heterocycles.